The highest BCUT2D eigenvalue weighted by Crippen LogP contribution is 2.22. The minimum absolute atomic E-state index is 0.163. The Hall–Kier alpha value is -2.87. The number of hydrogen-bond acceptors (Lipinski definition) is 6. The number of rotatable bonds is 5. The first-order valence-corrected chi connectivity index (χ1v) is 8.60. The molecule has 0 amide bonds. The summed E-state index contributed by atoms with van der Waals surface area (Å²) in [7, 11) is 1.62. The van der Waals surface area contributed by atoms with Gasteiger partial charge in [-0.2, -0.15) is 5.10 Å². The fourth-order valence-electron chi connectivity index (χ4n) is 3.00. The summed E-state index contributed by atoms with van der Waals surface area (Å²) >= 11 is 6.06. The van der Waals surface area contributed by atoms with Gasteiger partial charge in [0.1, 0.15) is 16.5 Å². The zero-order valence-corrected chi connectivity index (χ0v) is 16.4. The van der Waals surface area contributed by atoms with Gasteiger partial charge in [-0.1, -0.05) is 16.8 Å². The molecule has 3 heterocycles. The van der Waals surface area contributed by atoms with Crippen molar-refractivity contribution in [3.05, 3.63) is 51.3 Å². The number of nitrogens with zero attached hydrogens (tertiary/aromatic N) is 4. The van der Waals surface area contributed by atoms with E-state index in [1.807, 2.05) is 11.5 Å². The van der Waals surface area contributed by atoms with Gasteiger partial charge in [0.15, 0.2) is 12.4 Å². The standard InChI is InChI=1S/C18H19ClN4O4/c1-9-6-13(12(4)23(9)15-7-10(2)27-21-15)14(24)8-26-18(25)16-11(3)20-22(5)17(16)19/h6-7H,8H2,1-5H3. The quantitative estimate of drug-likeness (QED) is 0.491. The molecule has 8 nitrogen and oxygen atoms in total. The molecule has 0 aliphatic rings. The minimum Gasteiger partial charge on any atom is -0.454 e. The van der Waals surface area contributed by atoms with Gasteiger partial charge in [-0.15, -0.1) is 0 Å². The molecule has 0 saturated carbocycles. The van der Waals surface area contributed by atoms with Gasteiger partial charge >= 0.3 is 5.97 Å². The van der Waals surface area contributed by atoms with Crippen LogP contribution in [0.25, 0.3) is 5.82 Å². The first kappa shape index (κ1) is 18.9. The summed E-state index contributed by atoms with van der Waals surface area (Å²) in [5.74, 6) is 0.264. The van der Waals surface area contributed by atoms with E-state index in [0.717, 1.165) is 5.69 Å². The maximum Gasteiger partial charge on any atom is 0.343 e. The molecule has 142 valence electrons. The molecule has 0 atom stereocenters. The van der Waals surface area contributed by atoms with Gasteiger partial charge in [0.05, 0.1) is 5.69 Å². The van der Waals surface area contributed by atoms with E-state index in [2.05, 4.69) is 10.3 Å². The molecule has 0 radical (unpaired) electrons. The normalized spacial score (nSPS) is 11.0. The monoisotopic (exact) mass is 390 g/mol. The molecular weight excluding hydrogens is 372 g/mol. The third kappa shape index (κ3) is 3.40. The maximum absolute atomic E-state index is 12.6. The molecule has 3 aromatic rings. The van der Waals surface area contributed by atoms with Crippen LogP contribution >= 0.6 is 11.6 Å². The predicted octanol–water partition coefficient (Wildman–Crippen LogP) is 3.13. The van der Waals surface area contributed by atoms with Crippen molar-refractivity contribution in [2.45, 2.75) is 27.7 Å². The number of halogens is 1. The van der Waals surface area contributed by atoms with E-state index in [-0.39, 0.29) is 16.5 Å². The zero-order chi connectivity index (χ0) is 19.9. The fourth-order valence-corrected chi connectivity index (χ4v) is 3.25. The van der Waals surface area contributed by atoms with Crippen LogP contribution in [0.15, 0.2) is 16.7 Å². The van der Waals surface area contributed by atoms with Crippen molar-refractivity contribution in [2.24, 2.45) is 7.05 Å². The number of hydrogen-bond donors (Lipinski definition) is 0. The van der Waals surface area contributed by atoms with E-state index in [9.17, 15) is 9.59 Å². The second-order valence-corrected chi connectivity index (χ2v) is 6.65. The minimum atomic E-state index is -0.681. The van der Waals surface area contributed by atoms with Crippen LogP contribution in [0.3, 0.4) is 0 Å². The third-order valence-electron chi connectivity index (χ3n) is 4.27. The molecule has 0 unspecified atom stereocenters. The predicted molar refractivity (Wildman–Crippen MR) is 97.6 cm³/mol. The molecular formula is C18H19ClN4O4. The summed E-state index contributed by atoms with van der Waals surface area (Å²) in [5.41, 5.74) is 2.57. The van der Waals surface area contributed by atoms with Crippen LogP contribution in [-0.4, -0.2) is 37.9 Å². The Morgan fingerprint density at radius 2 is 1.93 bits per heavy atom. The molecule has 0 saturated heterocycles. The fraction of sp³-hybridized carbons (Fsp3) is 0.333. The molecule has 0 N–H and O–H groups in total. The van der Waals surface area contributed by atoms with Crippen LogP contribution in [0.5, 0.6) is 0 Å². The van der Waals surface area contributed by atoms with E-state index in [1.165, 1.54) is 4.68 Å². The van der Waals surface area contributed by atoms with Gasteiger partial charge < -0.3 is 9.26 Å². The van der Waals surface area contributed by atoms with Gasteiger partial charge in [0, 0.05) is 30.1 Å². The van der Waals surface area contributed by atoms with Crippen molar-refractivity contribution >= 4 is 23.4 Å². The molecule has 0 aromatic carbocycles. The Bertz CT molecular complexity index is 1040. The van der Waals surface area contributed by atoms with Crippen LogP contribution < -0.4 is 0 Å². The summed E-state index contributed by atoms with van der Waals surface area (Å²) in [4.78, 5) is 24.9. The number of ketones is 1. The largest absolute Gasteiger partial charge is 0.454 e. The molecule has 0 fully saturated rings. The van der Waals surface area contributed by atoms with Crippen molar-refractivity contribution in [2.75, 3.05) is 6.61 Å². The third-order valence-corrected chi connectivity index (χ3v) is 4.70. The lowest BCUT2D eigenvalue weighted by Gasteiger charge is -2.06. The Kier molecular flexibility index (Phi) is 4.93. The summed E-state index contributed by atoms with van der Waals surface area (Å²) in [5, 5.41) is 8.22. The average molecular weight is 391 g/mol. The number of esters is 1. The average Bonchev–Trinajstić information content (AvgIpc) is 3.22. The van der Waals surface area contributed by atoms with Gasteiger partial charge in [0.2, 0.25) is 5.78 Å². The lowest BCUT2D eigenvalue weighted by atomic mass is 10.1. The van der Waals surface area contributed by atoms with Crippen LogP contribution in [0.2, 0.25) is 5.15 Å². The second-order valence-electron chi connectivity index (χ2n) is 6.29. The molecule has 0 spiro atoms. The van der Waals surface area contributed by atoms with E-state index >= 15 is 0 Å². The molecule has 0 aliphatic carbocycles. The van der Waals surface area contributed by atoms with Gasteiger partial charge in [-0.05, 0) is 33.8 Å². The van der Waals surface area contributed by atoms with Crippen molar-refractivity contribution in [3.63, 3.8) is 0 Å². The number of aryl methyl sites for hydroxylation is 4. The summed E-state index contributed by atoms with van der Waals surface area (Å²) < 4.78 is 13.5. The van der Waals surface area contributed by atoms with Gasteiger partial charge in [-0.3, -0.25) is 14.0 Å². The van der Waals surface area contributed by atoms with E-state index in [1.54, 1.807) is 40.0 Å². The number of ether oxygens (including phenoxy) is 1. The van der Waals surface area contributed by atoms with Crippen LogP contribution in [0.4, 0.5) is 0 Å². The molecule has 3 aromatic heterocycles. The van der Waals surface area contributed by atoms with Crippen molar-refractivity contribution < 1.29 is 18.8 Å². The smallest absolute Gasteiger partial charge is 0.343 e. The molecule has 0 bridgehead atoms. The van der Waals surface area contributed by atoms with Crippen molar-refractivity contribution in [3.8, 4) is 5.82 Å². The number of aromatic nitrogens is 4. The summed E-state index contributed by atoms with van der Waals surface area (Å²) in [6.07, 6.45) is 0. The highest BCUT2D eigenvalue weighted by atomic mass is 35.5. The van der Waals surface area contributed by atoms with Crippen molar-refractivity contribution in [1.82, 2.24) is 19.5 Å². The first-order chi connectivity index (χ1) is 12.7. The lowest BCUT2D eigenvalue weighted by molar-refractivity contribution is 0.0474. The van der Waals surface area contributed by atoms with Gasteiger partial charge in [-0.25, -0.2) is 4.79 Å². The summed E-state index contributed by atoms with van der Waals surface area (Å²) in [6.45, 7) is 6.71. The van der Waals surface area contributed by atoms with Crippen LogP contribution in [0, 0.1) is 27.7 Å². The van der Waals surface area contributed by atoms with Crippen molar-refractivity contribution in [1.29, 1.82) is 0 Å². The molecule has 3 rings (SSSR count). The maximum atomic E-state index is 12.6. The van der Waals surface area contributed by atoms with Gasteiger partial charge in [0.25, 0.3) is 0 Å². The Morgan fingerprint density at radius 3 is 2.48 bits per heavy atom. The molecule has 9 heteroatoms. The topological polar surface area (TPSA) is 92.2 Å². The van der Waals surface area contributed by atoms with Crippen LogP contribution in [0.1, 0.15) is 43.6 Å². The Labute approximate surface area is 160 Å². The Morgan fingerprint density at radius 1 is 1.22 bits per heavy atom. The number of carbonyl (C=O) groups is 2. The van der Waals surface area contributed by atoms with E-state index < -0.39 is 12.6 Å². The molecule has 0 aliphatic heterocycles. The summed E-state index contributed by atoms with van der Waals surface area (Å²) in [6, 6.07) is 3.51. The highest BCUT2D eigenvalue weighted by molar-refractivity contribution is 6.32. The SMILES string of the molecule is Cc1cc(-n2c(C)cc(C(=O)COC(=O)c3c(C)nn(C)c3Cl)c2C)no1. The second kappa shape index (κ2) is 7.03. The first-order valence-electron chi connectivity index (χ1n) is 8.22. The Balaban J connectivity index is 1.78. The van der Waals surface area contributed by atoms with Crippen LogP contribution in [-0.2, 0) is 11.8 Å². The highest BCUT2D eigenvalue weighted by Gasteiger charge is 2.23. The van der Waals surface area contributed by atoms with E-state index in [0.29, 0.717) is 28.5 Å². The van der Waals surface area contributed by atoms with E-state index in [4.69, 9.17) is 20.9 Å². The zero-order valence-electron chi connectivity index (χ0n) is 15.7. The number of carbonyl (C=O) groups excluding carboxylic acids is 2. The number of Topliss-reactive ketones (excluding diaryl/α,β-unsaturated/α-hetero) is 1. The molecule has 27 heavy (non-hydrogen) atoms. The lowest BCUT2D eigenvalue weighted by Crippen LogP contribution is -2.15.